The summed E-state index contributed by atoms with van der Waals surface area (Å²) >= 11 is 0. The van der Waals surface area contributed by atoms with Crippen molar-refractivity contribution in [3.05, 3.63) is 34.9 Å². The van der Waals surface area contributed by atoms with Crippen molar-refractivity contribution in [3.63, 3.8) is 0 Å². The molecule has 2 nitrogen and oxygen atoms in total. The van der Waals surface area contributed by atoms with Crippen LogP contribution in [0.5, 0.6) is 0 Å². The average Bonchev–Trinajstić information content (AvgIpc) is 2.72. The van der Waals surface area contributed by atoms with E-state index in [1.54, 1.807) is 4.90 Å². The van der Waals surface area contributed by atoms with E-state index in [2.05, 4.69) is 18.0 Å². The third kappa shape index (κ3) is 2.25. The number of fused-ring (bicyclic) bond motifs is 1. The molecular formula is C14H15NO. The number of carbonyl (C=O) groups excluding carboxylic acids is 1. The number of ketones is 1. The first-order valence-electron chi connectivity index (χ1n) is 5.52. The van der Waals surface area contributed by atoms with Crippen LogP contribution in [0.2, 0.25) is 0 Å². The molecule has 0 saturated heterocycles. The minimum absolute atomic E-state index is 0.0941. The van der Waals surface area contributed by atoms with E-state index in [1.807, 2.05) is 26.2 Å². The zero-order valence-corrected chi connectivity index (χ0v) is 9.71. The summed E-state index contributed by atoms with van der Waals surface area (Å²) < 4.78 is 0. The molecule has 2 heteroatoms. The van der Waals surface area contributed by atoms with Gasteiger partial charge in [0, 0.05) is 25.7 Å². The molecule has 82 valence electrons. The highest BCUT2D eigenvalue weighted by Crippen LogP contribution is 2.22. The summed E-state index contributed by atoms with van der Waals surface area (Å²) in [6, 6.07) is 8.69. The van der Waals surface area contributed by atoms with Gasteiger partial charge < -0.3 is 4.90 Å². The third-order valence-corrected chi connectivity index (χ3v) is 2.75. The number of hydrogen-bond acceptors (Lipinski definition) is 2. The summed E-state index contributed by atoms with van der Waals surface area (Å²) in [6.45, 7) is 0. The van der Waals surface area contributed by atoms with Gasteiger partial charge >= 0.3 is 0 Å². The van der Waals surface area contributed by atoms with Crippen LogP contribution >= 0.6 is 0 Å². The lowest BCUT2D eigenvalue weighted by atomic mass is 10.0. The molecule has 0 N–H and O–H groups in total. The standard InChI is InChI=1S/C14H15NO/c1-15(2)9-8-14(16)13-7-6-11-4-3-5-12(11)10-13/h6-7,10H,3-5H2,1-2H3. The van der Waals surface area contributed by atoms with Crippen molar-refractivity contribution in [2.24, 2.45) is 0 Å². The van der Waals surface area contributed by atoms with E-state index in [0.29, 0.717) is 0 Å². The highest BCUT2D eigenvalue weighted by molar-refractivity contribution is 6.09. The highest BCUT2D eigenvalue weighted by Gasteiger charge is 2.12. The van der Waals surface area contributed by atoms with E-state index >= 15 is 0 Å². The number of carbonyl (C=O) groups is 1. The Morgan fingerprint density at radius 2 is 2.00 bits per heavy atom. The van der Waals surface area contributed by atoms with Crippen LogP contribution in [0, 0.1) is 12.0 Å². The second kappa shape index (κ2) is 4.40. The zero-order chi connectivity index (χ0) is 11.5. The van der Waals surface area contributed by atoms with E-state index in [0.717, 1.165) is 18.4 Å². The fraction of sp³-hybridized carbons (Fsp3) is 0.357. The van der Waals surface area contributed by atoms with Crippen LogP contribution in [0.4, 0.5) is 0 Å². The minimum atomic E-state index is -0.0941. The van der Waals surface area contributed by atoms with Gasteiger partial charge in [-0.2, -0.15) is 0 Å². The van der Waals surface area contributed by atoms with Crippen LogP contribution in [-0.2, 0) is 12.8 Å². The maximum atomic E-state index is 11.7. The Morgan fingerprint density at radius 1 is 1.25 bits per heavy atom. The van der Waals surface area contributed by atoms with E-state index in [1.165, 1.54) is 17.5 Å². The normalized spacial score (nSPS) is 12.6. The molecule has 1 aliphatic carbocycles. The van der Waals surface area contributed by atoms with Gasteiger partial charge in [0.25, 0.3) is 0 Å². The molecule has 0 heterocycles. The molecule has 0 aliphatic heterocycles. The van der Waals surface area contributed by atoms with Crippen molar-refractivity contribution in [2.45, 2.75) is 19.3 Å². The quantitative estimate of drug-likeness (QED) is 0.403. The number of hydrogen-bond donors (Lipinski definition) is 0. The molecule has 0 aromatic heterocycles. The van der Waals surface area contributed by atoms with Crippen molar-refractivity contribution in [1.29, 1.82) is 0 Å². The largest absolute Gasteiger partial charge is 0.338 e. The van der Waals surface area contributed by atoms with E-state index in [9.17, 15) is 4.79 Å². The van der Waals surface area contributed by atoms with Gasteiger partial charge in [0.2, 0.25) is 5.78 Å². The van der Waals surface area contributed by atoms with Crippen molar-refractivity contribution >= 4 is 5.78 Å². The SMILES string of the molecule is CN(C)C#CC(=O)c1ccc2c(c1)CCC2. The van der Waals surface area contributed by atoms with Crippen molar-refractivity contribution in [2.75, 3.05) is 14.1 Å². The van der Waals surface area contributed by atoms with Crippen molar-refractivity contribution < 1.29 is 4.79 Å². The van der Waals surface area contributed by atoms with Gasteiger partial charge in [-0.1, -0.05) is 12.1 Å². The highest BCUT2D eigenvalue weighted by atomic mass is 16.1. The Balaban J connectivity index is 2.23. The Hall–Kier alpha value is -1.75. The number of nitrogens with zero attached hydrogens (tertiary/aromatic N) is 1. The number of rotatable bonds is 1. The topological polar surface area (TPSA) is 20.3 Å². The maximum absolute atomic E-state index is 11.7. The van der Waals surface area contributed by atoms with Crippen LogP contribution in [-0.4, -0.2) is 24.8 Å². The van der Waals surface area contributed by atoms with Crippen molar-refractivity contribution in [3.8, 4) is 12.0 Å². The van der Waals surface area contributed by atoms with Gasteiger partial charge in [-0.05, 0) is 42.4 Å². The van der Waals surface area contributed by atoms with Gasteiger partial charge in [0.05, 0.1) is 0 Å². The molecule has 0 radical (unpaired) electrons. The predicted octanol–water partition coefficient (Wildman–Crippen LogP) is 1.88. The second-order valence-corrected chi connectivity index (χ2v) is 4.30. The van der Waals surface area contributed by atoms with Crippen LogP contribution < -0.4 is 0 Å². The van der Waals surface area contributed by atoms with E-state index in [-0.39, 0.29) is 5.78 Å². The molecule has 0 spiro atoms. The van der Waals surface area contributed by atoms with Gasteiger partial charge in [0.1, 0.15) is 0 Å². The van der Waals surface area contributed by atoms with Crippen LogP contribution in [0.25, 0.3) is 0 Å². The van der Waals surface area contributed by atoms with Crippen molar-refractivity contribution in [1.82, 2.24) is 4.90 Å². The Morgan fingerprint density at radius 3 is 2.75 bits per heavy atom. The first kappa shape index (κ1) is 10.8. The molecule has 0 amide bonds. The molecular weight excluding hydrogens is 198 g/mol. The lowest BCUT2D eigenvalue weighted by Crippen LogP contribution is -2.04. The van der Waals surface area contributed by atoms with Crippen LogP contribution in [0.15, 0.2) is 18.2 Å². The first-order chi connectivity index (χ1) is 7.66. The summed E-state index contributed by atoms with van der Waals surface area (Å²) in [4.78, 5) is 13.4. The average molecular weight is 213 g/mol. The Labute approximate surface area is 96.3 Å². The van der Waals surface area contributed by atoms with Crippen LogP contribution in [0.3, 0.4) is 0 Å². The molecule has 0 unspecified atom stereocenters. The summed E-state index contributed by atoms with van der Waals surface area (Å²) in [5.74, 6) is 2.53. The molecule has 0 atom stereocenters. The molecule has 16 heavy (non-hydrogen) atoms. The number of benzene rings is 1. The Bertz CT molecular complexity index is 477. The molecule has 0 bridgehead atoms. The van der Waals surface area contributed by atoms with E-state index < -0.39 is 0 Å². The fourth-order valence-electron chi connectivity index (χ4n) is 1.95. The number of aryl methyl sites for hydroxylation is 2. The monoisotopic (exact) mass is 213 g/mol. The smallest absolute Gasteiger partial charge is 0.237 e. The molecule has 2 rings (SSSR count). The van der Waals surface area contributed by atoms with E-state index in [4.69, 9.17) is 0 Å². The molecule has 0 saturated carbocycles. The maximum Gasteiger partial charge on any atom is 0.237 e. The van der Waals surface area contributed by atoms with Gasteiger partial charge in [-0.25, -0.2) is 0 Å². The van der Waals surface area contributed by atoms with Gasteiger partial charge in [-0.3, -0.25) is 4.79 Å². The summed E-state index contributed by atoms with van der Waals surface area (Å²) in [7, 11) is 3.64. The second-order valence-electron chi connectivity index (χ2n) is 4.30. The third-order valence-electron chi connectivity index (χ3n) is 2.75. The summed E-state index contributed by atoms with van der Waals surface area (Å²) in [5.41, 5.74) is 3.42. The Kier molecular flexibility index (Phi) is 2.96. The molecule has 1 aliphatic rings. The molecule has 1 aromatic carbocycles. The fourth-order valence-corrected chi connectivity index (χ4v) is 1.95. The minimum Gasteiger partial charge on any atom is -0.338 e. The first-order valence-corrected chi connectivity index (χ1v) is 5.52. The molecule has 1 aromatic rings. The summed E-state index contributed by atoms with van der Waals surface area (Å²) in [5, 5.41) is 0. The van der Waals surface area contributed by atoms with Gasteiger partial charge in [-0.15, -0.1) is 0 Å². The van der Waals surface area contributed by atoms with Crippen LogP contribution in [0.1, 0.15) is 27.9 Å². The molecule has 0 fully saturated rings. The number of Topliss-reactive ketones (excluding diaryl/α,β-unsaturated/α-hetero) is 1. The lowest BCUT2D eigenvalue weighted by Gasteiger charge is -2.01. The zero-order valence-electron chi connectivity index (χ0n) is 9.71. The predicted molar refractivity (Wildman–Crippen MR) is 64.3 cm³/mol. The summed E-state index contributed by atoms with van der Waals surface area (Å²) in [6.07, 6.45) is 3.45. The lowest BCUT2D eigenvalue weighted by molar-refractivity contribution is 0.105. The van der Waals surface area contributed by atoms with Gasteiger partial charge in [0.15, 0.2) is 0 Å².